The highest BCUT2D eigenvalue weighted by atomic mass is 16.6. The normalized spacial score (nSPS) is 15.8. The number of hydrogen-bond donors (Lipinski definition) is 1. The van der Waals surface area contributed by atoms with E-state index in [0.29, 0.717) is 17.7 Å². The molecule has 104 valence electrons. The van der Waals surface area contributed by atoms with Crippen LogP contribution < -0.4 is 10.1 Å². The number of hydrogen-bond acceptors (Lipinski definition) is 2. The zero-order valence-corrected chi connectivity index (χ0v) is 12.0. The third kappa shape index (κ3) is 3.72. The Morgan fingerprint density at radius 1 is 1.32 bits per heavy atom. The van der Waals surface area contributed by atoms with Gasteiger partial charge in [0.05, 0.1) is 0 Å². The Balaban J connectivity index is 2.00. The summed E-state index contributed by atoms with van der Waals surface area (Å²) in [6.07, 6.45) is 4.22. The Labute approximate surface area is 115 Å². The highest BCUT2D eigenvalue weighted by Gasteiger charge is 2.18. The molecule has 0 radical (unpaired) electrons. The lowest BCUT2D eigenvalue weighted by Gasteiger charge is -2.14. The molecule has 1 saturated carbocycles. The van der Waals surface area contributed by atoms with Crippen LogP contribution in [0.2, 0.25) is 0 Å². The molecule has 1 aliphatic rings. The van der Waals surface area contributed by atoms with Crippen molar-refractivity contribution in [2.75, 3.05) is 0 Å². The summed E-state index contributed by atoms with van der Waals surface area (Å²) in [5, 5.41) is 2.94. The van der Waals surface area contributed by atoms with Crippen molar-refractivity contribution in [3.8, 4) is 5.75 Å². The van der Waals surface area contributed by atoms with Gasteiger partial charge in [-0.3, -0.25) is 0 Å². The number of carbonyl (C=O) groups is 1. The molecule has 0 saturated heterocycles. The highest BCUT2D eigenvalue weighted by molar-refractivity contribution is 5.71. The molecule has 0 bridgehead atoms. The number of amides is 1. The summed E-state index contributed by atoms with van der Waals surface area (Å²) in [6.45, 7) is 6.22. The number of nitrogens with one attached hydrogen (secondary N) is 1. The van der Waals surface area contributed by atoms with Gasteiger partial charge in [0.2, 0.25) is 0 Å². The fraction of sp³-hybridized carbons (Fsp3) is 0.562. The maximum atomic E-state index is 11.9. The number of carbonyl (C=O) groups excluding carboxylic acids is 1. The first kappa shape index (κ1) is 13.9. The molecule has 2 rings (SSSR count). The van der Waals surface area contributed by atoms with E-state index < -0.39 is 0 Å². The van der Waals surface area contributed by atoms with Crippen molar-refractivity contribution in [2.24, 2.45) is 0 Å². The molecule has 0 aromatic heterocycles. The lowest BCUT2D eigenvalue weighted by molar-refractivity contribution is 0.196. The van der Waals surface area contributed by atoms with Gasteiger partial charge in [-0.15, -0.1) is 0 Å². The van der Waals surface area contributed by atoms with E-state index in [-0.39, 0.29) is 6.09 Å². The highest BCUT2D eigenvalue weighted by Crippen LogP contribution is 2.24. The maximum Gasteiger partial charge on any atom is 0.412 e. The Kier molecular flexibility index (Phi) is 4.46. The van der Waals surface area contributed by atoms with Gasteiger partial charge in [-0.2, -0.15) is 0 Å². The molecule has 1 aromatic carbocycles. The van der Waals surface area contributed by atoms with Crippen LogP contribution in [0.5, 0.6) is 5.75 Å². The van der Waals surface area contributed by atoms with Crippen LogP contribution in [0.1, 0.15) is 56.6 Å². The lowest BCUT2D eigenvalue weighted by Crippen LogP contribution is -2.35. The summed E-state index contributed by atoms with van der Waals surface area (Å²) in [6, 6.07) is 6.35. The largest absolute Gasteiger partial charge is 0.412 e. The second kappa shape index (κ2) is 6.09. The second-order valence-electron chi connectivity index (χ2n) is 5.69. The molecule has 0 atom stereocenters. The molecule has 1 aromatic rings. The zero-order valence-electron chi connectivity index (χ0n) is 12.0. The fourth-order valence-corrected chi connectivity index (χ4v) is 2.45. The van der Waals surface area contributed by atoms with Gasteiger partial charge in [0.1, 0.15) is 5.75 Å². The molecule has 3 heteroatoms. The van der Waals surface area contributed by atoms with E-state index >= 15 is 0 Å². The summed E-state index contributed by atoms with van der Waals surface area (Å²) in [5.41, 5.74) is 2.18. The molecule has 1 aliphatic carbocycles. The van der Waals surface area contributed by atoms with Crippen molar-refractivity contribution in [1.29, 1.82) is 0 Å². The topological polar surface area (TPSA) is 38.3 Å². The molecule has 3 nitrogen and oxygen atoms in total. The van der Waals surface area contributed by atoms with Crippen molar-refractivity contribution in [1.82, 2.24) is 5.32 Å². The van der Waals surface area contributed by atoms with Crippen LogP contribution in [-0.4, -0.2) is 12.1 Å². The quantitative estimate of drug-likeness (QED) is 0.887. The van der Waals surface area contributed by atoms with Crippen LogP contribution >= 0.6 is 0 Å². The van der Waals surface area contributed by atoms with Crippen LogP contribution in [0.25, 0.3) is 0 Å². The van der Waals surface area contributed by atoms with Gasteiger partial charge in [-0.25, -0.2) is 4.79 Å². The molecule has 1 N–H and O–H groups in total. The Morgan fingerprint density at radius 2 is 2.00 bits per heavy atom. The molecule has 0 heterocycles. The average molecular weight is 261 g/mol. The van der Waals surface area contributed by atoms with Gasteiger partial charge in [-0.1, -0.05) is 38.8 Å². The van der Waals surface area contributed by atoms with E-state index in [1.807, 2.05) is 19.1 Å². The summed E-state index contributed by atoms with van der Waals surface area (Å²) in [5.74, 6) is 1.10. The van der Waals surface area contributed by atoms with E-state index in [9.17, 15) is 4.79 Å². The van der Waals surface area contributed by atoms with Crippen molar-refractivity contribution >= 4 is 6.09 Å². The lowest BCUT2D eigenvalue weighted by atomic mass is 10.0. The summed E-state index contributed by atoms with van der Waals surface area (Å²) in [7, 11) is 0. The maximum absolute atomic E-state index is 11.9. The van der Waals surface area contributed by atoms with E-state index in [0.717, 1.165) is 18.4 Å². The summed E-state index contributed by atoms with van der Waals surface area (Å²) < 4.78 is 5.45. The first-order chi connectivity index (χ1) is 9.06. The molecule has 0 unspecified atom stereocenters. The average Bonchev–Trinajstić information content (AvgIpc) is 2.84. The monoisotopic (exact) mass is 261 g/mol. The third-order valence-electron chi connectivity index (χ3n) is 3.76. The van der Waals surface area contributed by atoms with Crippen LogP contribution in [-0.2, 0) is 0 Å². The predicted octanol–water partition coefficient (Wildman–Crippen LogP) is 4.15. The Hall–Kier alpha value is -1.51. The molecule has 1 amide bonds. The van der Waals surface area contributed by atoms with E-state index in [1.165, 1.54) is 18.4 Å². The molecule has 1 fully saturated rings. The van der Waals surface area contributed by atoms with Crippen molar-refractivity contribution in [3.05, 3.63) is 29.3 Å². The molecule has 19 heavy (non-hydrogen) atoms. The number of aryl methyl sites for hydroxylation is 1. The number of benzene rings is 1. The smallest absolute Gasteiger partial charge is 0.410 e. The first-order valence-corrected chi connectivity index (χ1v) is 7.15. The summed E-state index contributed by atoms with van der Waals surface area (Å²) >= 11 is 0. The minimum Gasteiger partial charge on any atom is -0.410 e. The van der Waals surface area contributed by atoms with Gasteiger partial charge >= 0.3 is 6.09 Å². The molecular weight excluding hydrogens is 238 g/mol. The van der Waals surface area contributed by atoms with Crippen LogP contribution in [0.4, 0.5) is 4.79 Å². The SMILES string of the molecule is Cc1ccc(C(C)C)cc1OC(=O)NC1CCCC1. The van der Waals surface area contributed by atoms with Crippen molar-refractivity contribution in [3.63, 3.8) is 0 Å². The van der Waals surface area contributed by atoms with Gasteiger partial charge in [0, 0.05) is 6.04 Å². The van der Waals surface area contributed by atoms with Gasteiger partial charge in [-0.05, 0) is 42.9 Å². The third-order valence-corrected chi connectivity index (χ3v) is 3.76. The second-order valence-corrected chi connectivity index (χ2v) is 5.69. The molecular formula is C16H23NO2. The summed E-state index contributed by atoms with van der Waals surface area (Å²) in [4.78, 5) is 11.9. The fourth-order valence-electron chi connectivity index (χ4n) is 2.45. The van der Waals surface area contributed by atoms with Crippen molar-refractivity contribution in [2.45, 2.75) is 58.4 Å². The van der Waals surface area contributed by atoms with Crippen LogP contribution in [0.3, 0.4) is 0 Å². The molecule has 0 aliphatic heterocycles. The van der Waals surface area contributed by atoms with Crippen LogP contribution in [0, 0.1) is 6.92 Å². The van der Waals surface area contributed by atoms with Crippen molar-refractivity contribution < 1.29 is 9.53 Å². The van der Waals surface area contributed by atoms with E-state index in [1.54, 1.807) is 0 Å². The number of ether oxygens (including phenoxy) is 1. The van der Waals surface area contributed by atoms with Gasteiger partial charge in [0.25, 0.3) is 0 Å². The first-order valence-electron chi connectivity index (χ1n) is 7.15. The predicted molar refractivity (Wildman–Crippen MR) is 76.7 cm³/mol. The van der Waals surface area contributed by atoms with Crippen LogP contribution in [0.15, 0.2) is 18.2 Å². The standard InChI is InChI=1S/C16H23NO2/c1-11(2)13-9-8-12(3)15(10-13)19-16(18)17-14-6-4-5-7-14/h8-11,14H,4-7H2,1-3H3,(H,17,18). The van der Waals surface area contributed by atoms with E-state index in [4.69, 9.17) is 4.74 Å². The van der Waals surface area contributed by atoms with Gasteiger partial charge in [0.15, 0.2) is 0 Å². The minimum atomic E-state index is -0.323. The zero-order chi connectivity index (χ0) is 13.8. The number of rotatable bonds is 3. The van der Waals surface area contributed by atoms with Gasteiger partial charge < -0.3 is 10.1 Å². The Morgan fingerprint density at radius 3 is 2.63 bits per heavy atom. The van der Waals surface area contributed by atoms with E-state index in [2.05, 4.69) is 25.2 Å². The molecule has 0 spiro atoms. The minimum absolute atomic E-state index is 0.293. The Bertz CT molecular complexity index is 448.